The van der Waals surface area contributed by atoms with Crippen LogP contribution in [-0.2, 0) is 11.3 Å². The van der Waals surface area contributed by atoms with Crippen LogP contribution in [0.25, 0.3) is 10.9 Å². The minimum absolute atomic E-state index is 0.150. The van der Waals surface area contributed by atoms with Crippen molar-refractivity contribution in [1.82, 2.24) is 19.8 Å². The molecule has 7 heteroatoms. The molecule has 0 saturated carbocycles. The molecule has 0 aliphatic heterocycles. The fourth-order valence-corrected chi connectivity index (χ4v) is 3.33. The molecule has 1 aromatic heterocycles. The number of rotatable bonds is 7. The predicted octanol–water partition coefficient (Wildman–Crippen LogP) is 2.65. The van der Waals surface area contributed by atoms with Crippen LogP contribution in [0.1, 0.15) is 23.6 Å². The molecule has 2 aromatic carbocycles. The molecule has 1 amide bonds. The zero-order chi connectivity index (χ0) is 21.0. The van der Waals surface area contributed by atoms with Crippen molar-refractivity contribution in [3.8, 4) is 0 Å². The SMILES string of the molecule is Cc1cccc2c(=O)n(CCC(=O)NCC(c3cccc(F)c3)N(C)C)cnc12. The van der Waals surface area contributed by atoms with E-state index in [0.29, 0.717) is 17.4 Å². The fraction of sp³-hybridized carbons (Fsp3) is 0.318. The third-order valence-electron chi connectivity index (χ3n) is 4.98. The number of benzene rings is 2. The second-order valence-electron chi connectivity index (χ2n) is 7.30. The number of amides is 1. The van der Waals surface area contributed by atoms with Gasteiger partial charge in [0.15, 0.2) is 0 Å². The highest BCUT2D eigenvalue weighted by atomic mass is 19.1. The molecule has 3 aromatic rings. The van der Waals surface area contributed by atoms with Gasteiger partial charge in [-0.2, -0.15) is 0 Å². The van der Waals surface area contributed by atoms with Gasteiger partial charge in [-0.3, -0.25) is 14.2 Å². The van der Waals surface area contributed by atoms with Crippen molar-refractivity contribution in [3.05, 3.63) is 76.1 Å². The Morgan fingerprint density at radius 2 is 2.00 bits per heavy atom. The maximum atomic E-state index is 13.5. The second kappa shape index (κ2) is 8.96. The summed E-state index contributed by atoms with van der Waals surface area (Å²) in [5.74, 6) is -0.483. The highest BCUT2D eigenvalue weighted by Crippen LogP contribution is 2.18. The first-order valence-electron chi connectivity index (χ1n) is 9.50. The lowest BCUT2D eigenvalue weighted by Gasteiger charge is -2.25. The Morgan fingerprint density at radius 3 is 2.72 bits per heavy atom. The Balaban J connectivity index is 1.63. The average Bonchev–Trinajstić information content (AvgIpc) is 2.68. The van der Waals surface area contributed by atoms with Crippen LogP contribution in [0, 0.1) is 12.7 Å². The molecule has 0 aliphatic rings. The smallest absolute Gasteiger partial charge is 0.261 e. The number of carbonyl (C=O) groups excluding carboxylic acids is 1. The number of para-hydroxylation sites is 1. The summed E-state index contributed by atoms with van der Waals surface area (Å²) in [6.07, 6.45) is 1.64. The van der Waals surface area contributed by atoms with Crippen LogP contribution in [0.2, 0.25) is 0 Å². The van der Waals surface area contributed by atoms with E-state index < -0.39 is 0 Å². The van der Waals surface area contributed by atoms with Crippen molar-refractivity contribution < 1.29 is 9.18 Å². The van der Waals surface area contributed by atoms with Gasteiger partial charge >= 0.3 is 0 Å². The van der Waals surface area contributed by atoms with Crippen molar-refractivity contribution in [2.75, 3.05) is 20.6 Å². The number of nitrogens with zero attached hydrogens (tertiary/aromatic N) is 3. The van der Waals surface area contributed by atoms with Crippen LogP contribution in [0.4, 0.5) is 4.39 Å². The van der Waals surface area contributed by atoms with Crippen molar-refractivity contribution in [2.24, 2.45) is 0 Å². The minimum Gasteiger partial charge on any atom is -0.354 e. The molecule has 1 N–H and O–H groups in total. The molecular weight excluding hydrogens is 371 g/mol. The number of hydrogen-bond acceptors (Lipinski definition) is 4. The number of carbonyl (C=O) groups is 1. The van der Waals surface area contributed by atoms with E-state index in [4.69, 9.17) is 0 Å². The zero-order valence-electron chi connectivity index (χ0n) is 16.9. The molecule has 0 radical (unpaired) electrons. The van der Waals surface area contributed by atoms with Gasteiger partial charge in [-0.25, -0.2) is 9.37 Å². The zero-order valence-corrected chi connectivity index (χ0v) is 16.9. The number of aryl methyl sites for hydroxylation is 2. The summed E-state index contributed by atoms with van der Waals surface area (Å²) in [6.45, 7) is 2.50. The quantitative estimate of drug-likeness (QED) is 0.667. The number of fused-ring (bicyclic) bond motifs is 1. The van der Waals surface area contributed by atoms with Crippen LogP contribution in [0.15, 0.2) is 53.6 Å². The molecule has 1 atom stereocenters. The summed E-state index contributed by atoms with van der Waals surface area (Å²) in [5, 5.41) is 3.43. The highest BCUT2D eigenvalue weighted by molar-refractivity contribution is 5.80. The number of aromatic nitrogens is 2. The summed E-state index contributed by atoms with van der Waals surface area (Å²) in [6, 6.07) is 11.7. The third-order valence-corrected chi connectivity index (χ3v) is 4.98. The molecular formula is C22H25FN4O2. The lowest BCUT2D eigenvalue weighted by molar-refractivity contribution is -0.121. The fourth-order valence-electron chi connectivity index (χ4n) is 3.33. The summed E-state index contributed by atoms with van der Waals surface area (Å²) in [7, 11) is 3.76. The highest BCUT2D eigenvalue weighted by Gasteiger charge is 2.16. The topological polar surface area (TPSA) is 67.2 Å². The Morgan fingerprint density at radius 1 is 1.24 bits per heavy atom. The van der Waals surface area contributed by atoms with E-state index in [0.717, 1.165) is 11.1 Å². The normalized spacial score (nSPS) is 12.3. The molecule has 0 spiro atoms. The van der Waals surface area contributed by atoms with Crippen LogP contribution in [0.5, 0.6) is 0 Å². The Kier molecular flexibility index (Phi) is 6.39. The van der Waals surface area contributed by atoms with Gasteiger partial charge < -0.3 is 10.2 Å². The van der Waals surface area contributed by atoms with E-state index >= 15 is 0 Å². The van der Waals surface area contributed by atoms with Gasteiger partial charge in [0.1, 0.15) is 5.82 Å². The molecule has 1 heterocycles. The van der Waals surface area contributed by atoms with Gasteiger partial charge in [0.25, 0.3) is 5.56 Å². The Labute approximate surface area is 169 Å². The van der Waals surface area contributed by atoms with E-state index in [2.05, 4.69) is 10.3 Å². The molecule has 6 nitrogen and oxygen atoms in total. The third kappa shape index (κ3) is 4.86. The molecule has 29 heavy (non-hydrogen) atoms. The number of hydrogen-bond donors (Lipinski definition) is 1. The van der Waals surface area contributed by atoms with Gasteiger partial charge in [-0.15, -0.1) is 0 Å². The van der Waals surface area contributed by atoms with E-state index in [-0.39, 0.29) is 36.3 Å². The first-order chi connectivity index (χ1) is 13.9. The molecule has 152 valence electrons. The predicted molar refractivity (Wildman–Crippen MR) is 111 cm³/mol. The number of nitrogens with one attached hydrogen (secondary N) is 1. The largest absolute Gasteiger partial charge is 0.354 e. The van der Waals surface area contributed by atoms with Gasteiger partial charge in [0, 0.05) is 19.5 Å². The molecule has 0 saturated heterocycles. The van der Waals surface area contributed by atoms with Crippen LogP contribution >= 0.6 is 0 Å². The molecule has 0 aliphatic carbocycles. The van der Waals surface area contributed by atoms with Gasteiger partial charge in [0.2, 0.25) is 5.91 Å². The molecule has 1 unspecified atom stereocenters. The molecule has 3 rings (SSSR count). The first kappa shape index (κ1) is 20.7. The Bertz CT molecular complexity index is 1080. The number of likely N-dealkylation sites (N-methyl/N-ethyl adjacent to an activating group) is 1. The van der Waals surface area contributed by atoms with Crippen molar-refractivity contribution in [1.29, 1.82) is 0 Å². The first-order valence-corrected chi connectivity index (χ1v) is 9.50. The van der Waals surface area contributed by atoms with E-state index in [9.17, 15) is 14.0 Å². The summed E-state index contributed by atoms with van der Waals surface area (Å²) in [4.78, 5) is 31.2. The van der Waals surface area contributed by atoms with Gasteiger partial charge in [-0.05, 0) is 50.3 Å². The molecule has 0 bridgehead atoms. The van der Waals surface area contributed by atoms with E-state index in [1.54, 1.807) is 12.1 Å². The minimum atomic E-state index is -0.306. The van der Waals surface area contributed by atoms with Crippen molar-refractivity contribution in [2.45, 2.75) is 25.9 Å². The average molecular weight is 396 g/mol. The van der Waals surface area contributed by atoms with Crippen LogP contribution in [0.3, 0.4) is 0 Å². The van der Waals surface area contributed by atoms with E-state index in [1.165, 1.54) is 23.0 Å². The van der Waals surface area contributed by atoms with Crippen molar-refractivity contribution in [3.63, 3.8) is 0 Å². The van der Waals surface area contributed by atoms with Crippen LogP contribution in [-0.4, -0.2) is 41.0 Å². The van der Waals surface area contributed by atoms with E-state index in [1.807, 2.05) is 44.1 Å². The summed E-state index contributed by atoms with van der Waals surface area (Å²) < 4.78 is 15.0. The number of halogens is 1. The lowest BCUT2D eigenvalue weighted by atomic mass is 10.1. The van der Waals surface area contributed by atoms with Crippen LogP contribution < -0.4 is 10.9 Å². The lowest BCUT2D eigenvalue weighted by Crippen LogP contribution is -2.35. The van der Waals surface area contributed by atoms with Gasteiger partial charge in [0.05, 0.1) is 23.3 Å². The second-order valence-corrected chi connectivity index (χ2v) is 7.30. The maximum absolute atomic E-state index is 13.5. The summed E-state index contributed by atoms with van der Waals surface area (Å²) >= 11 is 0. The molecule has 0 fully saturated rings. The maximum Gasteiger partial charge on any atom is 0.261 e. The Hall–Kier alpha value is -3.06. The summed E-state index contributed by atoms with van der Waals surface area (Å²) in [5.41, 5.74) is 2.26. The van der Waals surface area contributed by atoms with Crippen molar-refractivity contribution >= 4 is 16.8 Å². The van der Waals surface area contributed by atoms with Gasteiger partial charge in [-0.1, -0.05) is 24.3 Å². The standard InChI is InChI=1S/C22H25FN4O2/c1-15-6-4-9-18-21(15)25-14-27(22(18)29)11-10-20(28)24-13-19(26(2)3)16-7-5-8-17(23)12-16/h4-9,12,14,19H,10-11,13H2,1-3H3,(H,24,28). The monoisotopic (exact) mass is 396 g/mol.